The number of furan rings is 1. The zero-order valence-corrected chi connectivity index (χ0v) is 9.83. The number of halogens is 2. The van der Waals surface area contributed by atoms with Gasteiger partial charge in [0.05, 0.1) is 22.7 Å². The SMILES string of the molecule is O=C(Cc1ccco1)c1cccc(Br)c1F. The highest BCUT2D eigenvalue weighted by molar-refractivity contribution is 9.10. The van der Waals surface area contributed by atoms with Gasteiger partial charge in [0, 0.05) is 0 Å². The van der Waals surface area contributed by atoms with E-state index < -0.39 is 5.82 Å². The Balaban J connectivity index is 2.24. The number of ketones is 1. The molecular weight excluding hydrogens is 275 g/mol. The molecule has 0 N–H and O–H groups in total. The molecule has 0 bridgehead atoms. The summed E-state index contributed by atoms with van der Waals surface area (Å²) in [5.41, 5.74) is 0.0748. The zero-order chi connectivity index (χ0) is 11.5. The largest absolute Gasteiger partial charge is 0.469 e. The smallest absolute Gasteiger partial charge is 0.173 e. The number of carbonyl (C=O) groups excluding carboxylic acids is 1. The maximum absolute atomic E-state index is 13.6. The van der Waals surface area contributed by atoms with Crippen LogP contribution in [0.5, 0.6) is 0 Å². The molecular formula is C12H8BrFO2. The Bertz CT molecular complexity index is 506. The molecule has 16 heavy (non-hydrogen) atoms. The number of carbonyl (C=O) groups is 1. The fourth-order valence-electron chi connectivity index (χ4n) is 1.39. The lowest BCUT2D eigenvalue weighted by atomic mass is 10.1. The second-order valence-electron chi connectivity index (χ2n) is 3.28. The third kappa shape index (κ3) is 2.22. The fourth-order valence-corrected chi connectivity index (χ4v) is 1.75. The highest BCUT2D eigenvalue weighted by Gasteiger charge is 2.15. The number of rotatable bonds is 3. The molecule has 0 spiro atoms. The van der Waals surface area contributed by atoms with Crippen LogP contribution in [0.15, 0.2) is 45.5 Å². The Hall–Kier alpha value is -1.42. The van der Waals surface area contributed by atoms with Crippen molar-refractivity contribution in [1.82, 2.24) is 0 Å². The van der Waals surface area contributed by atoms with Crippen molar-refractivity contribution in [2.45, 2.75) is 6.42 Å². The van der Waals surface area contributed by atoms with Gasteiger partial charge in [-0.15, -0.1) is 0 Å². The van der Waals surface area contributed by atoms with Crippen LogP contribution < -0.4 is 0 Å². The normalized spacial score (nSPS) is 10.4. The van der Waals surface area contributed by atoms with E-state index in [4.69, 9.17) is 4.42 Å². The Morgan fingerprint density at radius 2 is 2.12 bits per heavy atom. The van der Waals surface area contributed by atoms with Gasteiger partial charge >= 0.3 is 0 Å². The standard InChI is InChI=1S/C12H8BrFO2/c13-10-5-1-4-9(12(10)14)11(15)7-8-3-2-6-16-8/h1-6H,7H2. The van der Waals surface area contributed by atoms with Gasteiger partial charge in [0.2, 0.25) is 0 Å². The van der Waals surface area contributed by atoms with Crippen LogP contribution >= 0.6 is 15.9 Å². The molecule has 0 unspecified atom stereocenters. The predicted molar refractivity (Wildman–Crippen MR) is 60.8 cm³/mol. The van der Waals surface area contributed by atoms with Crippen LogP contribution in [0.25, 0.3) is 0 Å². The first kappa shape index (κ1) is 11.1. The first-order valence-electron chi connectivity index (χ1n) is 4.68. The molecule has 0 aliphatic carbocycles. The van der Waals surface area contributed by atoms with Crippen LogP contribution in [-0.2, 0) is 6.42 Å². The molecule has 0 radical (unpaired) electrons. The van der Waals surface area contributed by atoms with Gasteiger partial charge in [-0.3, -0.25) is 4.79 Å². The van der Waals surface area contributed by atoms with E-state index in [9.17, 15) is 9.18 Å². The molecule has 1 aromatic heterocycles. The van der Waals surface area contributed by atoms with Crippen molar-refractivity contribution in [2.75, 3.05) is 0 Å². The third-order valence-corrected chi connectivity index (χ3v) is 2.78. The summed E-state index contributed by atoms with van der Waals surface area (Å²) in [5, 5.41) is 0. The predicted octanol–water partition coefficient (Wildman–Crippen LogP) is 3.61. The molecule has 0 aliphatic heterocycles. The summed E-state index contributed by atoms with van der Waals surface area (Å²) in [5.74, 6) is -0.294. The lowest BCUT2D eigenvalue weighted by Crippen LogP contribution is -2.05. The molecule has 4 heteroatoms. The molecule has 0 fully saturated rings. The van der Waals surface area contributed by atoms with E-state index in [1.54, 1.807) is 24.3 Å². The second-order valence-corrected chi connectivity index (χ2v) is 4.14. The molecule has 0 atom stereocenters. The highest BCUT2D eigenvalue weighted by Crippen LogP contribution is 2.20. The minimum absolute atomic E-state index is 0.0698. The maximum atomic E-state index is 13.6. The third-order valence-electron chi connectivity index (χ3n) is 2.17. The number of hydrogen-bond acceptors (Lipinski definition) is 2. The van der Waals surface area contributed by atoms with Gasteiger partial charge in [-0.05, 0) is 40.2 Å². The molecule has 0 amide bonds. The molecule has 0 aliphatic rings. The Labute approximate surface area is 100 Å². The van der Waals surface area contributed by atoms with E-state index in [0.29, 0.717) is 5.76 Å². The van der Waals surface area contributed by atoms with Gasteiger partial charge in [-0.1, -0.05) is 6.07 Å². The van der Waals surface area contributed by atoms with Crippen LogP contribution in [0.2, 0.25) is 0 Å². The summed E-state index contributed by atoms with van der Waals surface area (Å²) in [6, 6.07) is 8.03. The summed E-state index contributed by atoms with van der Waals surface area (Å²) in [7, 11) is 0. The van der Waals surface area contributed by atoms with E-state index in [1.165, 1.54) is 12.3 Å². The molecule has 1 heterocycles. The molecule has 2 nitrogen and oxygen atoms in total. The zero-order valence-electron chi connectivity index (χ0n) is 8.24. The molecule has 0 saturated heterocycles. The van der Waals surface area contributed by atoms with Gasteiger partial charge in [0.15, 0.2) is 5.78 Å². The monoisotopic (exact) mass is 282 g/mol. The van der Waals surface area contributed by atoms with Crippen molar-refractivity contribution in [1.29, 1.82) is 0 Å². The van der Waals surface area contributed by atoms with Gasteiger partial charge in [0.25, 0.3) is 0 Å². The van der Waals surface area contributed by atoms with Crippen LogP contribution in [-0.4, -0.2) is 5.78 Å². The number of Topliss-reactive ketones (excluding diaryl/α,β-unsaturated/α-hetero) is 1. The van der Waals surface area contributed by atoms with E-state index in [2.05, 4.69) is 15.9 Å². The van der Waals surface area contributed by atoms with Crippen LogP contribution in [0.3, 0.4) is 0 Å². The van der Waals surface area contributed by atoms with Crippen molar-refractivity contribution < 1.29 is 13.6 Å². The van der Waals surface area contributed by atoms with Gasteiger partial charge in [-0.25, -0.2) is 4.39 Å². The van der Waals surface area contributed by atoms with Crippen molar-refractivity contribution >= 4 is 21.7 Å². The summed E-state index contributed by atoms with van der Waals surface area (Å²) in [6.07, 6.45) is 1.56. The van der Waals surface area contributed by atoms with E-state index in [-0.39, 0.29) is 22.2 Å². The summed E-state index contributed by atoms with van der Waals surface area (Å²) < 4.78 is 18.9. The molecule has 82 valence electrons. The minimum Gasteiger partial charge on any atom is -0.469 e. The number of hydrogen-bond donors (Lipinski definition) is 0. The fraction of sp³-hybridized carbons (Fsp3) is 0.0833. The van der Waals surface area contributed by atoms with Gasteiger partial charge < -0.3 is 4.42 Å². The lowest BCUT2D eigenvalue weighted by molar-refractivity contribution is 0.0983. The highest BCUT2D eigenvalue weighted by atomic mass is 79.9. The minimum atomic E-state index is -0.529. The first-order chi connectivity index (χ1) is 7.68. The summed E-state index contributed by atoms with van der Waals surface area (Å²) in [6.45, 7) is 0. The molecule has 1 aromatic carbocycles. The summed E-state index contributed by atoms with van der Waals surface area (Å²) >= 11 is 3.04. The maximum Gasteiger partial charge on any atom is 0.173 e. The Morgan fingerprint density at radius 1 is 1.31 bits per heavy atom. The average Bonchev–Trinajstić information content (AvgIpc) is 2.74. The van der Waals surface area contributed by atoms with E-state index in [0.717, 1.165) is 0 Å². The second kappa shape index (κ2) is 4.61. The summed E-state index contributed by atoms with van der Waals surface area (Å²) in [4.78, 5) is 11.8. The van der Waals surface area contributed by atoms with Crippen LogP contribution in [0.1, 0.15) is 16.1 Å². The molecule has 2 rings (SSSR count). The van der Waals surface area contributed by atoms with Crippen LogP contribution in [0, 0.1) is 5.82 Å². The lowest BCUT2D eigenvalue weighted by Gasteiger charge is -2.02. The molecule has 2 aromatic rings. The molecule has 0 saturated carbocycles. The van der Waals surface area contributed by atoms with Crippen molar-refractivity contribution in [2.24, 2.45) is 0 Å². The Kier molecular flexibility index (Phi) is 3.19. The van der Waals surface area contributed by atoms with Gasteiger partial charge in [0.1, 0.15) is 11.6 Å². The van der Waals surface area contributed by atoms with E-state index >= 15 is 0 Å². The van der Waals surface area contributed by atoms with Crippen molar-refractivity contribution in [3.05, 3.63) is 58.2 Å². The first-order valence-corrected chi connectivity index (χ1v) is 5.47. The van der Waals surface area contributed by atoms with E-state index in [1.807, 2.05) is 0 Å². The van der Waals surface area contributed by atoms with Gasteiger partial charge in [-0.2, -0.15) is 0 Å². The number of benzene rings is 1. The topological polar surface area (TPSA) is 30.2 Å². The van der Waals surface area contributed by atoms with Crippen molar-refractivity contribution in [3.63, 3.8) is 0 Å². The quantitative estimate of drug-likeness (QED) is 0.805. The average molecular weight is 283 g/mol. The Morgan fingerprint density at radius 3 is 2.81 bits per heavy atom. The van der Waals surface area contributed by atoms with Crippen molar-refractivity contribution in [3.8, 4) is 0 Å². The van der Waals surface area contributed by atoms with Crippen LogP contribution in [0.4, 0.5) is 4.39 Å².